The molecule has 2 heteroatoms. The van der Waals surface area contributed by atoms with Crippen molar-refractivity contribution in [2.45, 2.75) is 24.7 Å². The minimum Gasteiger partial charge on any atom is -0.456 e. The van der Waals surface area contributed by atoms with E-state index in [4.69, 9.17) is 4.42 Å². The van der Waals surface area contributed by atoms with Gasteiger partial charge in [-0.25, -0.2) is 0 Å². The maximum atomic E-state index is 7.19. The molecule has 0 radical (unpaired) electrons. The van der Waals surface area contributed by atoms with Gasteiger partial charge in [0.25, 0.3) is 0 Å². The minimum atomic E-state index is -0.554. The molecule has 0 saturated carbocycles. The Hall–Kier alpha value is -7.42. The summed E-state index contributed by atoms with van der Waals surface area (Å²) in [5, 5.41) is 2.24. The fourth-order valence-electron chi connectivity index (χ4n) is 10.7. The average Bonchev–Trinajstić information content (AvgIpc) is 3.90. The van der Waals surface area contributed by atoms with Gasteiger partial charge in [-0.05, 0) is 104 Å². The van der Waals surface area contributed by atoms with Crippen molar-refractivity contribution in [3.8, 4) is 33.4 Å². The number of furan rings is 1. The Kier molecular flexibility index (Phi) is 7.52. The zero-order valence-electron chi connectivity index (χ0n) is 33.6. The lowest BCUT2D eigenvalue weighted by Gasteiger charge is -2.34. The van der Waals surface area contributed by atoms with Crippen LogP contribution in [0.3, 0.4) is 0 Å². The average molecular weight is 768 g/mol. The van der Waals surface area contributed by atoms with Gasteiger partial charge in [-0.3, -0.25) is 0 Å². The first-order valence-electron chi connectivity index (χ1n) is 20.9. The maximum absolute atomic E-state index is 7.19. The summed E-state index contributed by atoms with van der Waals surface area (Å²) < 4.78 is 7.19. The third-order valence-corrected chi connectivity index (χ3v) is 13.3. The van der Waals surface area contributed by atoms with Crippen LogP contribution in [0, 0.1) is 0 Å². The molecule has 0 saturated heterocycles. The summed E-state index contributed by atoms with van der Waals surface area (Å²) in [5.74, 6) is 0. The topological polar surface area (TPSA) is 16.4 Å². The molecule has 12 rings (SSSR count). The number of hydrogen-bond donors (Lipinski definition) is 0. The molecule has 0 bridgehead atoms. The second kappa shape index (κ2) is 13.0. The van der Waals surface area contributed by atoms with Crippen molar-refractivity contribution >= 4 is 39.0 Å². The highest BCUT2D eigenvalue weighted by atomic mass is 16.3. The summed E-state index contributed by atoms with van der Waals surface area (Å²) in [6.45, 7) is 4.69. The van der Waals surface area contributed by atoms with E-state index in [1.54, 1.807) is 0 Å². The summed E-state index contributed by atoms with van der Waals surface area (Å²) in [6.07, 6.45) is 0. The number of para-hydroxylation sites is 1. The van der Waals surface area contributed by atoms with Gasteiger partial charge in [0.2, 0.25) is 0 Å². The van der Waals surface area contributed by atoms with E-state index >= 15 is 0 Å². The molecule has 60 heavy (non-hydrogen) atoms. The Morgan fingerprint density at radius 2 is 0.933 bits per heavy atom. The number of nitrogens with zero attached hydrogens (tertiary/aromatic N) is 1. The first-order chi connectivity index (χ1) is 29.5. The first kappa shape index (κ1) is 34.6. The Morgan fingerprint density at radius 3 is 1.63 bits per heavy atom. The summed E-state index contributed by atoms with van der Waals surface area (Å²) in [4.78, 5) is 2.37. The summed E-state index contributed by atoms with van der Waals surface area (Å²) in [7, 11) is 0. The van der Waals surface area contributed by atoms with Gasteiger partial charge in [-0.1, -0.05) is 178 Å². The molecule has 1 heterocycles. The zero-order chi connectivity index (χ0) is 40.0. The van der Waals surface area contributed by atoms with E-state index in [2.05, 4.69) is 231 Å². The standard InChI is InChI=1S/C58H41NO/c1-57(2)48-29-17-15-27-44(48)45-33-31-42(35-50(45)57)59(41-25-13-6-14-26-41)43-32-34-47-52(36-43)60-53-37-51-55(54(56(47)53)38-19-7-3-8-20-38)46-28-16-18-30-49(46)58(51,39-21-9-4-10-22-39)40-23-11-5-12-24-40/h3-37H,1-2H3. The van der Waals surface area contributed by atoms with Crippen molar-refractivity contribution in [2.24, 2.45) is 0 Å². The van der Waals surface area contributed by atoms with E-state index in [9.17, 15) is 0 Å². The molecule has 9 aromatic carbocycles. The highest BCUT2D eigenvalue weighted by molar-refractivity contribution is 6.18. The van der Waals surface area contributed by atoms with Gasteiger partial charge >= 0.3 is 0 Å². The van der Waals surface area contributed by atoms with Gasteiger partial charge in [0, 0.05) is 44.9 Å². The maximum Gasteiger partial charge on any atom is 0.137 e. The molecule has 0 N–H and O–H groups in total. The van der Waals surface area contributed by atoms with Crippen LogP contribution in [0.25, 0.3) is 55.3 Å². The second-order valence-corrected chi connectivity index (χ2v) is 16.8. The van der Waals surface area contributed by atoms with Crippen LogP contribution in [-0.2, 0) is 10.8 Å². The predicted molar refractivity (Wildman–Crippen MR) is 249 cm³/mol. The first-order valence-corrected chi connectivity index (χ1v) is 20.9. The summed E-state index contributed by atoms with van der Waals surface area (Å²) in [6, 6.07) is 77.6. The SMILES string of the molecule is CC1(C)c2ccccc2-c2ccc(N(c3ccccc3)c3ccc4c(c3)oc3cc5c(c(-c6ccccc6)c34)-c3ccccc3C5(c3ccccc3)c3ccccc3)cc21. The molecule has 0 amide bonds. The van der Waals surface area contributed by atoms with Crippen molar-refractivity contribution in [1.82, 2.24) is 0 Å². The van der Waals surface area contributed by atoms with Crippen molar-refractivity contribution in [3.05, 3.63) is 246 Å². The fraction of sp³-hybridized carbons (Fsp3) is 0.0690. The van der Waals surface area contributed by atoms with Gasteiger partial charge in [0.05, 0.1) is 5.41 Å². The quantitative estimate of drug-likeness (QED) is 0.168. The molecule has 2 aliphatic carbocycles. The zero-order valence-corrected chi connectivity index (χ0v) is 33.6. The lowest BCUT2D eigenvalue weighted by atomic mass is 9.67. The normalized spacial score (nSPS) is 14.1. The fourth-order valence-corrected chi connectivity index (χ4v) is 10.7. The highest BCUT2D eigenvalue weighted by Gasteiger charge is 2.48. The van der Waals surface area contributed by atoms with Gasteiger partial charge in [0.15, 0.2) is 0 Å². The van der Waals surface area contributed by atoms with Gasteiger partial charge in [-0.15, -0.1) is 0 Å². The third kappa shape index (κ3) is 4.82. The molecular formula is C58H41NO. The molecule has 2 aliphatic rings. The van der Waals surface area contributed by atoms with Crippen molar-refractivity contribution in [3.63, 3.8) is 0 Å². The molecule has 10 aromatic rings. The van der Waals surface area contributed by atoms with Crippen LogP contribution in [0.1, 0.15) is 47.2 Å². The van der Waals surface area contributed by atoms with E-state index < -0.39 is 5.41 Å². The molecule has 0 fully saturated rings. The number of rotatable bonds is 6. The van der Waals surface area contributed by atoms with Crippen LogP contribution in [0.5, 0.6) is 0 Å². The van der Waals surface area contributed by atoms with Crippen molar-refractivity contribution in [2.75, 3.05) is 4.90 Å². The lowest BCUT2D eigenvalue weighted by Crippen LogP contribution is -2.28. The van der Waals surface area contributed by atoms with Crippen LogP contribution in [-0.4, -0.2) is 0 Å². The van der Waals surface area contributed by atoms with Crippen molar-refractivity contribution < 1.29 is 4.42 Å². The molecule has 0 aliphatic heterocycles. The van der Waals surface area contributed by atoms with E-state index in [-0.39, 0.29) is 5.41 Å². The molecule has 284 valence electrons. The van der Waals surface area contributed by atoms with Crippen LogP contribution < -0.4 is 4.90 Å². The van der Waals surface area contributed by atoms with Crippen molar-refractivity contribution in [1.29, 1.82) is 0 Å². The van der Waals surface area contributed by atoms with Crippen LogP contribution in [0.4, 0.5) is 17.1 Å². The molecule has 0 spiro atoms. The highest BCUT2D eigenvalue weighted by Crippen LogP contribution is 2.60. The Bertz CT molecular complexity index is 3230. The number of hydrogen-bond acceptors (Lipinski definition) is 2. The Balaban J connectivity index is 1.13. The molecule has 2 nitrogen and oxygen atoms in total. The molecule has 1 aromatic heterocycles. The number of anilines is 3. The van der Waals surface area contributed by atoms with Crippen LogP contribution >= 0.6 is 0 Å². The summed E-state index contributed by atoms with van der Waals surface area (Å²) in [5.41, 5.74) is 19.6. The van der Waals surface area contributed by atoms with Gasteiger partial charge in [-0.2, -0.15) is 0 Å². The largest absolute Gasteiger partial charge is 0.456 e. The van der Waals surface area contributed by atoms with E-state index in [1.807, 2.05) is 0 Å². The third-order valence-electron chi connectivity index (χ3n) is 13.3. The number of benzene rings is 9. The second-order valence-electron chi connectivity index (χ2n) is 16.8. The monoisotopic (exact) mass is 767 g/mol. The van der Waals surface area contributed by atoms with Crippen LogP contribution in [0.15, 0.2) is 217 Å². The van der Waals surface area contributed by atoms with E-state index in [1.165, 1.54) is 66.8 Å². The smallest absolute Gasteiger partial charge is 0.137 e. The van der Waals surface area contributed by atoms with E-state index in [0.717, 1.165) is 39.0 Å². The Labute approximate surface area is 350 Å². The molecular weight excluding hydrogens is 727 g/mol. The number of fused-ring (bicyclic) bond motifs is 9. The van der Waals surface area contributed by atoms with Gasteiger partial charge < -0.3 is 9.32 Å². The minimum absolute atomic E-state index is 0.117. The Morgan fingerprint density at radius 1 is 0.383 bits per heavy atom. The predicted octanol–water partition coefficient (Wildman–Crippen LogP) is 15.4. The molecule has 0 unspecified atom stereocenters. The van der Waals surface area contributed by atoms with E-state index in [0.29, 0.717) is 0 Å². The summed E-state index contributed by atoms with van der Waals surface area (Å²) >= 11 is 0. The lowest BCUT2D eigenvalue weighted by molar-refractivity contribution is 0.660. The van der Waals surface area contributed by atoms with Crippen LogP contribution in [0.2, 0.25) is 0 Å². The molecule has 0 atom stereocenters. The van der Waals surface area contributed by atoms with Gasteiger partial charge in [0.1, 0.15) is 11.2 Å².